The molecule has 1 aliphatic rings. The van der Waals surface area contributed by atoms with Crippen LogP contribution in [0, 0.1) is 11.8 Å². The summed E-state index contributed by atoms with van der Waals surface area (Å²) < 4.78 is 5.48. The van der Waals surface area contributed by atoms with Gasteiger partial charge in [0.25, 0.3) is 0 Å². The third-order valence-electron chi connectivity index (χ3n) is 4.10. The zero-order valence-electron chi connectivity index (χ0n) is 12.6. The minimum atomic E-state index is 0.567. The largest absolute Gasteiger partial charge is 0.490 e. The van der Waals surface area contributed by atoms with Gasteiger partial charge in [0.15, 0.2) is 0 Å². The molecule has 0 aliphatic heterocycles. The summed E-state index contributed by atoms with van der Waals surface area (Å²) in [6.45, 7) is 8.70. The molecule has 1 aromatic rings. The van der Waals surface area contributed by atoms with E-state index in [1.54, 1.807) is 6.08 Å². The Labute approximate surface area is 123 Å². The van der Waals surface area contributed by atoms with Crippen molar-refractivity contribution in [3.8, 4) is 5.75 Å². The van der Waals surface area contributed by atoms with Gasteiger partial charge in [0.2, 0.25) is 0 Å². The van der Waals surface area contributed by atoms with Gasteiger partial charge in [-0.15, -0.1) is 0 Å². The Morgan fingerprint density at radius 2 is 2.10 bits per heavy atom. The summed E-state index contributed by atoms with van der Waals surface area (Å²) in [6.07, 6.45) is 7.37. The molecular weight excluding hydrogens is 246 g/mol. The van der Waals surface area contributed by atoms with E-state index in [0.717, 1.165) is 30.7 Å². The van der Waals surface area contributed by atoms with Crippen molar-refractivity contribution in [2.24, 2.45) is 11.8 Å². The molecular formula is C18H27NO. The van der Waals surface area contributed by atoms with Crippen molar-refractivity contribution < 1.29 is 4.74 Å². The van der Waals surface area contributed by atoms with Gasteiger partial charge in [-0.05, 0) is 48.9 Å². The topological polar surface area (TPSA) is 21.3 Å². The van der Waals surface area contributed by atoms with Crippen LogP contribution in [0.4, 0.5) is 0 Å². The lowest BCUT2D eigenvalue weighted by atomic mass is 9.82. The van der Waals surface area contributed by atoms with Crippen molar-refractivity contribution in [3.63, 3.8) is 0 Å². The molecule has 110 valence electrons. The number of hydrogen-bond donors (Lipinski definition) is 1. The molecule has 2 unspecified atom stereocenters. The first-order valence-electron chi connectivity index (χ1n) is 7.81. The van der Waals surface area contributed by atoms with E-state index < -0.39 is 0 Å². The van der Waals surface area contributed by atoms with Gasteiger partial charge in [0.1, 0.15) is 12.4 Å². The van der Waals surface area contributed by atoms with E-state index in [4.69, 9.17) is 4.74 Å². The number of nitrogens with one attached hydrogen (secondary N) is 1. The first-order chi connectivity index (χ1) is 9.78. The van der Waals surface area contributed by atoms with Crippen LogP contribution >= 0.6 is 0 Å². The molecule has 2 nitrogen and oxygen atoms in total. The Kier molecular flexibility index (Phi) is 6.13. The predicted molar refractivity (Wildman–Crippen MR) is 85.0 cm³/mol. The van der Waals surface area contributed by atoms with E-state index in [-0.39, 0.29) is 0 Å². The molecule has 1 aliphatic carbocycles. The molecule has 1 fully saturated rings. The molecule has 0 radical (unpaired) electrons. The van der Waals surface area contributed by atoms with Crippen molar-refractivity contribution in [1.82, 2.24) is 5.32 Å². The fraction of sp³-hybridized carbons (Fsp3) is 0.556. The summed E-state index contributed by atoms with van der Waals surface area (Å²) >= 11 is 0. The van der Waals surface area contributed by atoms with Crippen LogP contribution < -0.4 is 10.1 Å². The maximum atomic E-state index is 5.48. The monoisotopic (exact) mass is 273 g/mol. The van der Waals surface area contributed by atoms with Gasteiger partial charge in [-0.25, -0.2) is 0 Å². The van der Waals surface area contributed by atoms with Crippen molar-refractivity contribution in [2.45, 2.75) is 39.2 Å². The summed E-state index contributed by atoms with van der Waals surface area (Å²) in [5.41, 5.74) is 1.32. The van der Waals surface area contributed by atoms with Gasteiger partial charge in [-0.3, -0.25) is 0 Å². The van der Waals surface area contributed by atoms with Crippen LogP contribution in [0.3, 0.4) is 0 Å². The van der Waals surface area contributed by atoms with Crippen molar-refractivity contribution in [3.05, 3.63) is 42.5 Å². The van der Waals surface area contributed by atoms with Crippen LogP contribution in [-0.4, -0.2) is 13.2 Å². The summed E-state index contributed by atoms with van der Waals surface area (Å²) in [4.78, 5) is 0. The molecule has 0 aromatic heterocycles. The minimum absolute atomic E-state index is 0.567. The van der Waals surface area contributed by atoms with Crippen LogP contribution in [0.2, 0.25) is 0 Å². The first kappa shape index (κ1) is 15.1. The van der Waals surface area contributed by atoms with Crippen LogP contribution in [0.15, 0.2) is 36.9 Å². The molecule has 2 atom stereocenters. The highest BCUT2D eigenvalue weighted by Crippen LogP contribution is 2.27. The van der Waals surface area contributed by atoms with Crippen LogP contribution in [0.1, 0.15) is 38.2 Å². The van der Waals surface area contributed by atoms with Gasteiger partial charge in [0.05, 0.1) is 0 Å². The maximum Gasteiger partial charge on any atom is 0.119 e. The van der Waals surface area contributed by atoms with Gasteiger partial charge < -0.3 is 10.1 Å². The third-order valence-corrected chi connectivity index (χ3v) is 4.10. The molecule has 0 spiro atoms. The second-order valence-corrected chi connectivity index (χ2v) is 6.01. The molecule has 0 heterocycles. The lowest BCUT2D eigenvalue weighted by Gasteiger charge is -2.26. The zero-order valence-corrected chi connectivity index (χ0v) is 12.6. The normalized spacial score (nSPS) is 22.4. The Balaban J connectivity index is 1.69. The van der Waals surface area contributed by atoms with Gasteiger partial charge >= 0.3 is 0 Å². The van der Waals surface area contributed by atoms with Crippen LogP contribution in [0.5, 0.6) is 5.75 Å². The fourth-order valence-corrected chi connectivity index (χ4v) is 3.02. The standard InChI is InChI=1S/C18H27NO/c1-3-11-20-18-9-7-16(8-10-18)13-19-14-17-6-4-5-15(2)12-17/h3,7-10,15,17,19H,1,4-6,11-14H2,2H3. The molecule has 2 heteroatoms. The van der Waals surface area contributed by atoms with E-state index in [1.807, 2.05) is 12.1 Å². The summed E-state index contributed by atoms with van der Waals surface area (Å²) in [6, 6.07) is 8.33. The van der Waals surface area contributed by atoms with Crippen LogP contribution in [-0.2, 0) is 6.54 Å². The highest BCUT2D eigenvalue weighted by molar-refractivity contribution is 5.27. The lowest BCUT2D eigenvalue weighted by molar-refractivity contribution is 0.274. The quantitative estimate of drug-likeness (QED) is 0.753. The summed E-state index contributed by atoms with van der Waals surface area (Å²) in [7, 11) is 0. The molecule has 1 N–H and O–H groups in total. The Morgan fingerprint density at radius 1 is 1.30 bits per heavy atom. The van der Waals surface area contributed by atoms with Gasteiger partial charge in [-0.2, -0.15) is 0 Å². The minimum Gasteiger partial charge on any atom is -0.490 e. The molecule has 1 saturated carbocycles. The average Bonchev–Trinajstić information content (AvgIpc) is 2.46. The second-order valence-electron chi connectivity index (χ2n) is 6.01. The zero-order chi connectivity index (χ0) is 14.2. The SMILES string of the molecule is C=CCOc1ccc(CNCC2CCCC(C)C2)cc1. The van der Waals surface area contributed by atoms with Crippen molar-refractivity contribution in [2.75, 3.05) is 13.2 Å². The van der Waals surface area contributed by atoms with E-state index in [9.17, 15) is 0 Å². The van der Waals surface area contributed by atoms with E-state index in [0.29, 0.717) is 6.61 Å². The van der Waals surface area contributed by atoms with Crippen molar-refractivity contribution >= 4 is 0 Å². The molecule has 1 aromatic carbocycles. The maximum absolute atomic E-state index is 5.48. The third kappa shape index (κ3) is 5.01. The molecule has 2 rings (SSSR count). The van der Waals surface area contributed by atoms with Gasteiger partial charge in [0, 0.05) is 6.54 Å². The number of rotatable bonds is 7. The highest BCUT2D eigenvalue weighted by Gasteiger charge is 2.18. The predicted octanol–water partition coefficient (Wildman–Crippen LogP) is 4.17. The van der Waals surface area contributed by atoms with E-state index in [2.05, 4.69) is 31.0 Å². The van der Waals surface area contributed by atoms with Gasteiger partial charge in [-0.1, -0.05) is 44.6 Å². The molecule has 0 amide bonds. The fourth-order valence-electron chi connectivity index (χ4n) is 3.02. The molecule has 20 heavy (non-hydrogen) atoms. The first-order valence-corrected chi connectivity index (χ1v) is 7.81. The number of hydrogen-bond acceptors (Lipinski definition) is 2. The van der Waals surface area contributed by atoms with Crippen molar-refractivity contribution in [1.29, 1.82) is 0 Å². The Bertz CT molecular complexity index is 398. The molecule has 0 saturated heterocycles. The smallest absolute Gasteiger partial charge is 0.119 e. The van der Waals surface area contributed by atoms with E-state index in [1.165, 1.54) is 31.2 Å². The number of ether oxygens (including phenoxy) is 1. The molecule has 0 bridgehead atoms. The summed E-state index contributed by atoms with van der Waals surface area (Å²) in [5, 5.41) is 3.60. The number of benzene rings is 1. The Hall–Kier alpha value is -1.28. The summed E-state index contributed by atoms with van der Waals surface area (Å²) in [5.74, 6) is 2.69. The van der Waals surface area contributed by atoms with E-state index >= 15 is 0 Å². The van der Waals surface area contributed by atoms with Crippen LogP contribution in [0.25, 0.3) is 0 Å². The highest BCUT2D eigenvalue weighted by atomic mass is 16.5. The Morgan fingerprint density at radius 3 is 2.80 bits per heavy atom. The lowest BCUT2D eigenvalue weighted by Crippen LogP contribution is -2.26. The second kappa shape index (κ2) is 8.11. The average molecular weight is 273 g/mol.